The summed E-state index contributed by atoms with van der Waals surface area (Å²) in [6.07, 6.45) is 1.70. The molecule has 21 heavy (non-hydrogen) atoms. The molecule has 0 saturated carbocycles. The van der Waals surface area contributed by atoms with E-state index >= 15 is 0 Å². The maximum atomic E-state index is 6.10. The van der Waals surface area contributed by atoms with Gasteiger partial charge < -0.3 is 10.5 Å². The maximum Gasteiger partial charge on any atom is 0.132 e. The van der Waals surface area contributed by atoms with Crippen molar-refractivity contribution < 1.29 is 4.74 Å². The van der Waals surface area contributed by atoms with Crippen LogP contribution in [-0.2, 0) is 6.42 Å². The molecule has 0 radical (unpaired) electrons. The van der Waals surface area contributed by atoms with Gasteiger partial charge in [-0.15, -0.1) is 0 Å². The van der Waals surface area contributed by atoms with Crippen LogP contribution in [0.3, 0.4) is 0 Å². The average Bonchev–Trinajstić information content (AvgIpc) is 2.45. The van der Waals surface area contributed by atoms with Crippen LogP contribution in [0.5, 0.6) is 11.5 Å². The molecule has 0 bridgehead atoms. The predicted octanol–water partition coefficient (Wildman–Crippen LogP) is 5.48. The van der Waals surface area contributed by atoms with E-state index in [9.17, 15) is 0 Å². The zero-order valence-electron chi connectivity index (χ0n) is 12.2. The first-order valence-corrected chi connectivity index (χ1v) is 8.14. The standard InChI is InChI=1S/C17H19BrClNO/c1-3-15(20)8-12-5-7-14(19)10-17(12)21-16-9-13(18)6-4-11(16)2/h4-7,9-10,15H,3,8,20H2,1-2H3. The third-order valence-corrected chi connectivity index (χ3v) is 4.13. The zero-order valence-corrected chi connectivity index (χ0v) is 14.5. The molecular weight excluding hydrogens is 350 g/mol. The highest BCUT2D eigenvalue weighted by Crippen LogP contribution is 2.32. The van der Waals surface area contributed by atoms with Gasteiger partial charge in [-0.3, -0.25) is 0 Å². The molecule has 2 aromatic rings. The molecule has 2 nitrogen and oxygen atoms in total. The van der Waals surface area contributed by atoms with Crippen molar-refractivity contribution in [1.82, 2.24) is 0 Å². The van der Waals surface area contributed by atoms with Crippen LogP contribution in [0.2, 0.25) is 5.02 Å². The molecule has 1 unspecified atom stereocenters. The second kappa shape index (κ2) is 7.30. The van der Waals surface area contributed by atoms with Gasteiger partial charge in [-0.25, -0.2) is 0 Å². The molecular formula is C17H19BrClNO. The van der Waals surface area contributed by atoms with Crippen LogP contribution in [-0.4, -0.2) is 6.04 Å². The van der Waals surface area contributed by atoms with Gasteiger partial charge in [0.15, 0.2) is 0 Å². The van der Waals surface area contributed by atoms with Crippen molar-refractivity contribution in [3.05, 3.63) is 57.0 Å². The number of aryl methyl sites for hydroxylation is 1. The fourth-order valence-corrected chi connectivity index (χ4v) is 2.52. The highest BCUT2D eigenvalue weighted by molar-refractivity contribution is 9.10. The monoisotopic (exact) mass is 367 g/mol. The van der Waals surface area contributed by atoms with Gasteiger partial charge in [0.1, 0.15) is 11.5 Å². The van der Waals surface area contributed by atoms with Crippen molar-refractivity contribution in [3.8, 4) is 11.5 Å². The van der Waals surface area contributed by atoms with E-state index in [1.165, 1.54) is 0 Å². The smallest absolute Gasteiger partial charge is 0.132 e. The zero-order chi connectivity index (χ0) is 15.4. The van der Waals surface area contributed by atoms with Crippen molar-refractivity contribution in [2.24, 2.45) is 5.73 Å². The Morgan fingerprint density at radius 2 is 1.95 bits per heavy atom. The third-order valence-electron chi connectivity index (χ3n) is 3.41. The molecule has 0 saturated heterocycles. The van der Waals surface area contributed by atoms with Crippen LogP contribution < -0.4 is 10.5 Å². The van der Waals surface area contributed by atoms with Gasteiger partial charge in [-0.05, 0) is 55.2 Å². The van der Waals surface area contributed by atoms with Gasteiger partial charge in [-0.2, -0.15) is 0 Å². The summed E-state index contributed by atoms with van der Waals surface area (Å²) in [5, 5.41) is 0.659. The second-order valence-corrected chi connectivity index (χ2v) is 6.49. The Labute approximate surface area is 139 Å². The van der Waals surface area contributed by atoms with Crippen LogP contribution >= 0.6 is 27.5 Å². The van der Waals surface area contributed by atoms with Gasteiger partial charge in [-0.1, -0.05) is 46.6 Å². The lowest BCUT2D eigenvalue weighted by Crippen LogP contribution is -2.21. The van der Waals surface area contributed by atoms with Crippen LogP contribution in [0.15, 0.2) is 40.9 Å². The molecule has 112 valence electrons. The summed E-state index contributed by atoms with van der Waals surface area (Å²) in [7, 11) is 0. The molecule has 0 fully saturated rings. The van der Waals surface area contributed by atoms with Crippen molar-refractivity contribution >= 4 is 27.5 Å². The van der Waals surface area contributed by atoms with Gasteiger partial charge in [0.05, 0.1) is 0 Å². The lowest BCUT2D eigenvalue weighted by Gasteiger charge is -2.16. The quantitative estimate of drug-likeness (QED) is 0.758. The Morgan fingerprint density at radius 3 is 2.67 bits per heavy atom. The van der Waals surface area contributed by atoms with Gasteiger partial charge in [0.2, 0.25) is 0 Å². The summed E-state index contributed by atoms with van der Waals surface area (Å²) in [6, 6.07) is 11.8. The average molecular weight is 369 g/mol. The number of benzene rings is 2. The molecule has 0 heterocycles. The third kappa shape index (κ3) is 4.47. The van der Waals surface area contributed by atoms with E-state index in [1.54, 1.807) is 0 Å². The first-order valence-electron chi connectivity index (χ1n) is 6.97. The summed E-state index contributed by atoms with van der Waals surface area (Å²) < 4.78 is 7.06. The normalized spacial score (nSPS) is 12.2. The number of hydrogen-bond acceptors (Lipinski definition) is 2. The van der Waals surface area contributed by atoms with E-state index in [2.05, 4.69) is 22.9 Å². The fourth-order valence-electron chi connectivity index (χ4n) is 2.02. The highest BCUT2D eigenvalue weighted by atomic mass is 79.9. The van der Waals surface area contributed by atoms with Crippen molar-refractivity contribution in [2.45, 2.75) is 32.7 Å². The number of halogens is 2. The van der Waals surface area contributed by atoms with E-state index < -0.39 is 0 Å². The first kappa shape index (κ1) is 16.3. The minimum atomic E-state index is 0.122. The van der Waals surface area contributed by atoms with E-state index in [0.717, 1.165) is 39.9 Å². The number of ether oxygens (including phenoxy) is 1. The summed E-state index contributed by atoms with van der Waals surface area (Å²) in [5.74, 6) is 1.59. The lowest BCUT2D eigenvalue weighted by molar-refractivity contribution is 0.468. The van der Waals surface area contributed by atoms with Crippen LogP contribution in [0.4, 0.5) is 0 Å². The number of nitrogens with two attached hydrogens (primary N) is 1. The summed E-state index contributed by atoms with van der Waals surface area (Å²) in [5.41, 5.74) is 8.21. The molecule has 2 aromatic carbocycles. The molecule has 0 aliphatic heterocycles. The molecule has 0 aromatic heterocycles. The summed E-state index contributed by atoms with van der Waals surface area (Å²) in [4.78, 5) is 0. The van der Waals surface area contributed by atoms with Crippen molar-refractivity contribution in [3.63, 3.8) is 0 Å². The van der Waals surface area contributed by atoms with E-state index in [0.29, 0.717) is 5.02 Å². The minimum absolute atomic E-state index is 0.122. The Morgan fingerprint density at radius 1 is 1.19 bits per heavy atom. The van der Waals surface area contributed by atoms with Gasteiger partial charge in [0, 0.05) is 15.5 Å². The minimum Gasteiger partial charge on any atom is -0.457 e. The van der Waals surface area contributed by atoms with E-state index in [-0.39, 0.29) is 6.04 Å². The molecule has 2 rings (SSSR count). The molecule has 0 amide bonds. The van der Waals surface area contributed by atoms with E-state index in [1.807, 2.05) is 43.3 Å². The Balaban J connectivity index is 2.33. The molecule has 0 spiro atoms. The number of hydrogen-bond donors (Lipinski definition) is 1. The van der Waals surface area contributed by atoms with Crippen LogP contribution in [0, 0.1) is 6.92 Å². The maximum absolute atomic E-state index is 6.10. The molecule has 4 heteroatoms. The Hall–Kier alpha value is -1.03. The van der Waals surface area contributed by atoms with Gasteiger partial charge in [0.25, 0.3) is 0 Å². The Bertz CT molecular complexity index is 630. The van der Waals surface area contributed by atoms with Crippen molar-refractivity contribution in [1.29, 1.82) is 0 Å². The van der Waals surface area contributed by atoms with Crippen LogP contribution in [0.1, 0.15) is 24.5 Å². The highest BCUT2D eigenvalue weighted by Gasteiger charge is 2.11. The molecule has 2 N–H and O–H groups in total. The SMILES string of the molecule is CCC(N)Cc1ccc(Cl)cc1Oc1cc(Br)ccc1C. The first-order chi connectivity index (χ1) is 9.99. The predicted molar refractivity (Wildman–Crippen MR) is 92.4 cm³/mol. The second-order valence-electron chi connectivity index (χ2n) is 5.14. The van der Waals surface area contributed by atoms with Gasteiger partial charge >= 0.3 is 0 Å². The molecule has 1 atom stereocenters. The topological polar surface area (TPSA) is 35.2 Å². The molecule has 0 aliphatic carbocycles. The molecule has 0 aliphatic rings. The van der Waals surface area contributed by atoms with Crippen molar-refractivity contribution in [2.75, 3.05) is 0 Å². The van der Waals surface area contributed by atoms with E-state index in [4.69, 9.17) is 22.1 Å². The number of rotatable bonds is 5. The lowest BCUT2D eigenvalue weighted by atomic mass is 10.0. The summed E-state index contributed by atoms with van der Waals surface area (Å²) >= 11 is 9.57. The summed E-state index contributed by atoms with van der Waals surface area (Å²) in [6.45, 7) is 4.10. The fraction of sp³-hybridized carbons (Fsp3) is 0.294. The van der Waals surface area contributed by atoms with Crippen LogP contribution in [0.25, 0.3) is 0 Å². The Kier molecular flexibility index (Phi) is 5.68. The largest absolute Gasteiger partial charge is 0.457 e.